The number of alkyl halides is 3. The average molecular weight is 660 g/mol. The Morgan fingerprint density at radius 2 is 1.91 bits per heavy atom. The minimum atomic E-state index is -4.67. The van der Waals surface area contributed by atoms with Gasteiger partial charge in [0.05, 0.1) is 60.0 Å². The van der Waals surface area contributed by atoms with Crippen molar-refractivity contribution in [2.75, 3.05) is 75.6 Å². The number of hydrogen-bond donors (Lipinski definition) is 1. The predicted octanol–water partition coefficient (Wildman–Crippen LogP) is 4.71. The zero-order valence-electron chi connectivity index (χ0n) is 24.6. The highest BCUT2D eigenvalue weighted by Crippen LogP contribution is 2.46. The fourth-order valence-electron chi connectivity index (χ4n) is 6.26. The van der Waals surface area contributed by atoms with Crippen molar-refractivity contribution in [3.8, 4) is 10.6 Å². The molecule has 5 aliphatic rings. The Hall–Kier alpha value is -2.98. The van der Waals surface area contributed by atoms with Gasteiger partial charge in [-0.3, -0.25) is 9.69 Å². The van der Waals surface area contributed by atoms with E-state index in [4.69, 9.17) is 14.5 Å². The molecule has 1 aliphatic carbocycles. The molecule has 0 bridgehead atoms. The number of carbonyl (C=O) groups excluding carboxylic acids is 1. The molecule has 45 heavy (non-hydrogen) atoms. The number of rotatable bonds is 6. The monoisotopic (exact) mass is 659 g/mol. The maximum Gasteiger partial charge on any atom is 0.420 e. The number of halogens is 3. The second kappa shape index (κ2) is 11.1. The number of thioether (sulfide) groups is 1. The number of nitrogens with zero attached hydrogens (tertiary/aromatic N) is 6. The van der Waals surface area contributed by atoms with E-state index in [2.05, 4.69) is 32.1 Å². The summed E-state index contributed by atoms with van der Waals surface area (Å²) in [5.74, 6) is 1.70. The molecule has 0 radical (unpaired) electrons. The van der Waals surface area contributed by atoms with Crippen molar-refractivity contribution in [2.24, 2.45) is 0 Å². The summed E-state index contributed by atoms with van der Waals surface area (Å²) >= 11 is 2.53. The maximum atomic E-state index is 14.2. The number of likely N-dealkylation sites (N-methyl/N-ethyl adjacent to an activating group) is 1. The molecule has 238 valence electrons. The summed E-state index contributed by atoms with van der Waals surface area (Å²) < 4.78 is 53.5. The molecular formula is C30H32F3N7O3S2. The molecule has 15 heteroatoms. The van der Waals surface area contributed by atoms with Crippen molar-refractivity contribution in [1.82, 2.24) is 24.8 Å². The van der Waals surface area contributed by atoms with Crippen LogP contribution >= 0.6 is 23.1 Å². The van der Waals surface area contributed by atoms with E-state index in [9.17, 15) is 18.0 Å². The standard InChI is InChI=1S/C30H32F3N7O3S2/c1-38-6-7-39(14-29(38)15-43-16-29)23-5-4-20(24(36-23)17-2-3-17)35-28-34-11-19(30(31,32)33)25(37-28)21-10-22-26(45-21)27(41)40(8-9-44-22)18-12-42-13-18/h4-5,10-11,17-18H,2-3,6-9,12-16H2,1H3,(H,34,35,37). The van der Waals surface area contributed by atoms with Crippen LogP contribution < -0.4 is 10.2 Å². The van der Waals surface area contributed by atoms with Crippen LogP contribution in [-0.4, -0.2) is 108 Å². The SMILES string of the molecule is CN1CCN(c2ccc(Nc3ncc(C(F)(F)F)c(-c4cc5c(s4)C(=O)N(C4COC4)CCS5)n3)c(C3CC3)n2)CC12COC2. The maximum absolute atomic E-state index is 14.2. The van der Waals surface area contributed by atoms with Gasteiger partial charge in [-0.1, -0.05) is 0 Å². The number of aromatic nitrogens is 3. The number of pyridine rings is 1. The number of piperazine rings is 1. The van der Waals surface area contributed by atoms with Crippen LogP contribution in [0.4, 0.5) is 30.6 Å². The Balaban J connectivity index is 1.10. The molecular weight excluding hydrogens is 628 g/mol. The lowest BCUT2D eigenvalue weighted by Crippen LogP contribution is -2.70. The van der Waals surface area contributed by atoms with Crippen LogP contribution in [-0.2, 0) is 15.7 Å². The van der Waals surface area contributed by atoms with E-state index < -0.39 is 11.7 Å². The number of thiophene rings is 1. The molecule has 7 heterocycles. The van der Waals surface area contributed by atoms with Crippen molar-refractivity contribution in [3.05, 3.63) is 40.5 Å². The van der Waals surface area contributed by atoms with E-state index in [1.54, 1.807) is 11.0 Å². The largest absolute Gasteiger partial charge is 0.420 e. The summed E-state index contributed by atoms with van der Waals surface area (Å²) in [6.07, 6.45) is -1.84. The highest BCUT2D eigenvalue weighted by Gasteiger charge is 2.46. The summed E-state index contributed by atoms with van der Waals surface area (Å²) in [5, 5.41) is 3.19. The van der Waals surface area contributed by atoms with Crippen LogP contribution in [0.25, 0.3) is 10.6 Å². The molecule has 1 N–H and O–H groups in total. The lowest BCUT2D eigenvalue weighted by molar-refractivity contribution is -0.137. The number of nitrogens with one attached hydrogen (secondary N) is 1. The highest BCUT2D eigenvalue weighted by atomic mass is 32.2. The van der Waals surface area contributed by atoms with Gasteiger partial charge < -0.3 is 24.6 Å². The Morgan fingerprint density at radius 1 is 1.09 bits per heavy atom. The molecule has 1 saturated carbocycles. The van der Waals surface area contributed by atoms with Gasteiger partial charge in [0.2, 0.25) is 5.95 Å². The van der Waals surface area contributed by atoms with Gasteiger partial charge in [-0.25, -0.2) is 15.0 Å². The van der Waals surface area contributed by atoms with Gasteiger partial charge >= 0.3 is 6.18 Å². The first-order chi connectivity index (χ1) is 21.7. The minimum Gasteiger partial charge on any atom is -0.377 e. The molecule has 0 unspecified atom stereocenters. The molecule has 0 aromatic carbocycles. The summed E-state index contributed by atoms with van der Waals surface area (Å²) in [5.41, 5.74) is 0.391. The molecule has 1 spiro atoms. The minimum absolute atomic E-state index is 0.000411. The molecule has 4 fully saturated rings. The van der Waals surface area contributed by atoms with Crippen LogP contribution in [0, 0.1) is 0 Å². The lowest BCUT2D eigenvalue weighted by atomic mass is 9.92. The Kier molecular flexibility index (Phi) is 7.24. The van der Waals surface area contributed by atoms with Gasteiger partial charge in [0.1, 0.15) is 16.3 Å². The number of carbonyl (C=O) groups is 1. The fraction of sp³-hybridized carbons (Fsp3) is 0.533. The highest BCUT2D eigenvalue weighted by molar-refractivity contribution is 7.99. The van der Waals surface area contributed by atoms with Gasteiger partial charge in [-0.05, 0) is 38.1 Å². The molecule has 0 atom stereocenters. The van der Waals surface area contributed by atoms with Crippen LogP contribution in [0.2, 0.25) is 0 Å². The molecule has 4 aliphatic heterocycles. The second-order valence-corrected chi connectivity index (χ2v) is 14.5. The molecule has 3 aromatic heterocycles. The number of ether oxygens (including phenoxy) is 2. The molecule has 1 amide bonds. The lowest BCUT2D eigenvalue weighted by Gasteiger charge is -2.54. The van der Waals surface area contributed by atoms with E-state index in [0.29, 0.717) is 54.2 Å². The van der Waals surface area contributed by atoms with E-state index >= 15 is 0 Å². The molecule has 3 aromatic rings. The quantitative estimate of drug-likeness (QED) is 0.401. The van der Waals surface area contributed by atoms with E-state index in [1.165, 1.54) is 11.8 Å². The Bertz CT molecular complexity index is 1640. The number of fused-ring (bicyclic) bond motifs is 1. The predicted molar refractivity (Wildman–Crippen MR) is 165 cm³/mol. The van der Waals surface area contributed by atoms with Crippen LogP contribution in [0.1, 0.15) is 39.7 Å². The van der Waals surface area contributed by atoms with Crippen LogP contribution in [0.3, 0.4) is 0 Å². The fourth-order valence-corrected chi connectivity index (χ4v) is 8.58. The number of hydrogen-bond acceptors (Lipinski definition) is 11. The average Bonchev–Trinajstić information content (AvgIpc) is 3.75. The summed E-state index contributed by atoms with van der Waals surface area (Å²) in [6, 6.07) is 5.54. The second-order valence-electron chi connectivity index (χ2n) is 12.4. The van der Waals surface area contributed by atoms with Crippen molar-refractivity contribution in [2.45, 2.75) is 41.4 Å². The zero-order chi connectivity index (χ0) is 30.9. The number of amides is 1. The topological polar surface area (TPSA) is 96.0 Å². The van der Waals surface area contributed by atoms with Crippen LogP contribution in [0.15, 0.2) is 29.3 Å². The van der Waals surface area contributed by atoms with E-state index in [1.807, 2.05) is 12.1 Å². The van der Waals surface area contributed by atoms with Gasteiger partial charge in [0, 0.05) is 48.9 Å². The molecule has 8 rings (SSSR count). The normalized spacial score (nSPS) is 22.2. The van der Waals surface area contributed by atoms with Gasteiger partial charge in [-0.2, -0.15) is 13.2 Å². The third-order valence-corrected chi connectivity index (χ3v) is 11.6. The van der Waals surface area contributed by atoms with Crippen LogP contribution in [0.5, 0.6) is 0 Å². The zero-order valence-corrected chi connectivity index (χ0v) is 26.2. The summed E-state index contributed by atoms with van der Waals surface area (Å²) in [4.78, 5) is 34.8. The molecule has 10 nitrogen and oxygen atoms in total. The van der Waals surface area contributed by atoms with Crippen molar-refractivity contribution in [1.29, 1.82) is 0 Å². The number of anilines is 3. The van der Waals surface area contributed by atoms with E-state index in [0.717, 1.165) is 61.5 Å². The van der Waals surface area contributed by atoms with Gasteiger partial charge in [0.25, 0.3) is 5.91 Å². The van der Waals surface area contributed by atoms with Crippen molar-refractivity contribution >= 4 is 46.5 Å². The van der Waals surface area contributed by atoms with Gasteiger partial charge in [-0.15, -0.1) is 23.1 Å². The smallest absolute Gasteiger partial charge is 0.377 e. The Labute approximate surface area is 266 Å². The van der Waals surface area contributed by atoms with Gasteiger partial charge in [0.15, 0.2) is 0 Å². The van der Waals surface area contributed by atoms with Crippen molar-refractivity contribution in [3.63, 3.8) is 0 Å². The first kappa shape index (κ1) is 29.4. The first-order valence-corrected chi connectivity index (χ1v) is 16.9. The van der Waals surface area contributed by atoms with E-state index in [-0.39, 0.29) is 39.9 Å². The first-order valence-electron chi connectivity index (χ1n) is 15.1. The summed E-state index contributed by atoms with van der Waals surface area (Å²) in [6.45, 7) is 5.54. The summed E-state index contributed by atoms with van der Waals surface area (Å²) in [7, 11) is 2.14. The third-order valence-electron chi connectivity index (χ3n) is 9.32. The molecule has 3 saturated heterocycles. The Morgan fingerprint density at radius 3 is 2.60 bits per heavy atom. The third kappa shape index (κ3) is 5.35. The van der Waals surface area contributed by atoms with Crippen molar-refractivity contribution < 1.29 is 27.4 Å².